The minimum Gasteiger partial charge on any atom is -0.357 e. The third-order valence-corrected chi connectivity index (χ3v) is 2.29. The number of thiocarbonyl (C=S) groups is 1. The molecule has 0 unspecified atom stereocenters. The zero-order chi connectivity index (χ0) is 12.2. The summed E-state index contributed by atoms with van der Waals surface area (Å²) in [4.78, 5) is 0. The van der Waals surface area contributed by atoms with Crippen molar-refractivity contribution in [1.82, 2.24) is 20.9 Å². The zero-order valence-corrected chi connectivity index (χ0v) is 11.7. The van der Waals surface area contributed by atoms with Gasteiger partial charge in [0.2, 0.25) is 0 Å². The summed E-state index contributed by atoms with van der Waals surface area (Å²) < 4.78 is 0.854. The van der Waals surface area contributed by atoms with Gasteiger partial charge in [0, 0.05) is 5.54 Å². The highest BCUT2D eigenvalue weighted by Crippen LogP contribution is 2.09. The second-order valence-corrected chi connectivity index (χ2v) is 5.47. The first-order valence-corrected chi connectivity index (χ1v) is 5.89. The van der Waals surface area contributed by atoms with Crippen molar-refractivity contribution in [2.45, 2.75) is 26.3 Å². The van der Waals surface area contributed by atoms with Crippen molar-refractivity contribution in [2.24, 2.45) is 5.10 Å². The van der Waals surface area contributed by atoms with Crippen LogP contribution in [0.15, 0.2) is 15.8 Å². The molecule has 0 bridgehead atoms. The van der Waals surface area contributed by atoms with Crippen molar-refractivity contribution in [3.8, 4) is 0 Å². The lowest BCUT2D eigenvalue weighted by Crippen LogP contribution is -2.44. The molecule has 0 aliphatic rings. The smallest absolute Gasteiger partial charge is 0.187 e. The van der Waals surface area contributed by atoms with E-state index >= 15 is 0 Å². The topological polar surface area (TPSA) is 65.1 Å². The molecule has 0 radical (unpaired) electrons. The van der Waals surface area contributed by atoms with Gasteiger partial charge >= 0.3 is 0 Å². The van der Waals surface area contributed by atoms with Crippen LogP contribution in [0.4, 0.5) is 0 Å². The van der Waals surface area contributed by atoms with Crippen LogP contribution in [-0.2, 0) is 0 Å². The fourth-order valence-electron chi connectivity index (χ4n) is 0.896. The summed E-state index contributed by atoms with van der Waals surface area (Å²) in [6, 6.07) is 0. The maximum atomic E-state index is 5.06. The van der Waals surface area contributed by atoms with Gasteiger partial charge in [-0.3, -0.25) is 10.5 Å². The summed E-state index contributed by atoms with van der Waals surface area (Å²) in [6.07, 6.45) is 3.26. The van der Waals surface area contributed by atoms with E-state index in [1.165, 1.54) is 0 Å². The minimum absolute atomic E-state index is 0.0752. The van der Waals surface area contributed by atoms with Crippen LogP contribution in [0.3, 0.4) is 0 Å². The highest BCUT2D eigenvalue weighted by atomic mass is 79.9. The van der Waals surface area contributed by atoms with Crippen molar-refractivity contribution in [3.05, 3.63) is 16.4 Å². The van der Waals surface area contributed by atoms with Gasteiger partial charge in [-0.25, -0.2) is 0 Å². The molecule has 1 aromatic rings. The van der Waals surface area contributed by atoms with E-state index < -0.39 is 0 Å². The number of nitrogens with one attached hydrogen (secondary N) is 3. The Morgan fingerprint density at radius 1 is 1.62 bits per heavy atom. The van der Waals surface area contributed by atoms with Crippen LogP contribution in [0, 0.1) is 0 Å². The summed E-state index contributed by atoms with van der Waals surface area (Å²) in [7, 11) is 0. The van der Waals surface area contributed by atoms with Gasteiger partial charge in [0.05, 0.1) is 22.6 Å². The normalized spacial score (nSPS) is 11.8. The molecule has 0 aliphatic carbocycles. The van der Waals surface area contributed by atoms with E-state index in [9.17, 15) is 0 Å². The molecule has 5 nitrogen and oxygen atoms in total. The molecule has 16 heavy (non-hydrogen) atoms. The summed E-state index contributed by atoms with van der Waals surface area (Å²) in [5.41, 5.74) is 3.43. The molecule has 1 rings (SSSR count). The quantitative estimate of drug-likeness (QED) is 0.443. The molecular formula is C9H14BrN5S. The van der Waals surface area contributed by atoms with Gasteiger partial charge in [0.1, 0.15) is 0 Å². The summed E-state index contributed by atoms with van der Waals surface area (Å²) in [5, 5.41) is 14.2. The fourth-order valence-corrected chi connectivity index (χ4v) is 1.55. The van der Waals surface area contributed by atoms with Gasteiger partial charge in [-0.1, -0.05) is 0 Å². The molecule has 0 amide bonds. The molecule has 1 aromatic heterocycles. The molecule has 0 saturated carbocycles. The van der Waals surface area contributed by atoms with E-state index in [-0.39, 0.29) is 5.54 Å². The SMILES string of the molecule is CC(C)(C)NC(=S)N/N=C/c1[nH]ncc1Br. The van der Waals surface area contributed by atoms with Crippen LogP contribution in [0.25, 0.3) is 0 Å². The first-order chi connectivity index (χ1) is 7.38. The van der Waals surface area contributed by atoms with Gasteiger partial charge < -0.3 is 5.32 Å². The minimum atomic E-state index is -0.0752. The first-order valence-electron chi connectivity index (χ1n) is 4.68. The number of H-pyrrole nitrogens is 1. The van der Waals surface area contributed by atoms with Crippen LogP contribution in [0.1, 0.15) is 26.5 Å². The lowest BCUT2D eigenvalue weighted by molar-refractivity contribution is 0.508. The zero-order valence-electron chi connectivity index (χ0n) is 9.34. The molecule has 3 N–H and O–H groups in total. The number of hydrazone groups is 1. The van der Waals surface area contributed by atoms with Crippen molar-refractivity contribution in [3.63, 3.8) is 0 Å². The molecule has 7 heteroatoms. The number of rotatable bonds is 2. The van der Waals surface area contributed by atoms with Crippen molar-refractivity contribution in [1.29, 1.82) is 0 Å². The summed E-state index contributed by atoms with van der Waals surface area (Å²) >= 11 is 8.38. The lowest BCUT2D eigenvalue weighted by atomic mass is 10.1. The average Bonchev–Trinajstić information content (AvgIpc) is 2.48. The van der Waals surface area contributed by atoms with Crippen LogP contribution < -0.4 is 10.7 Å². The molecule has 1 heterocycles. The standard InChI is InChI=1S/C9H14BrN5S/c1-9(2,3)13-8(16)15-12-5-7-6(10)4-11-14-7/h4-5H,1-3H3,(H,11,14)(H2,13,15,16)/b12-5+. The Labute approximate surface area is 108 Å². The number of nitrogens with zero attached hydrogens (tertiary/aromatic N) is 2. The van der Waals surface area contributed by atoms with Crippen LogP contribution >= 0.6 is 28.1 Å². The van der Waals surface area contributed by atoms with Crippen LogP contribution in [0.2, 0.25) is 0 Å². The Morgan fingerprint density at radius 3 is 2.81 bits per heavy atom. The highest BCUT2D eigenvalue weighted by Gasteiger charge is 2.09. The third-order valence-electron chi connectivity index (χ3n) is 1.47. The average molecular weight is 304 g/mol. The van der Waals surface area contributed by atoms with E-state index in [1.54, 1.807) is 12.4 Å². The van der Waals surface area contributed by atoms with E-state index in [0.717, 1.165) is 10.2 Å². The summed E-state index contributed by atoms with van der Waals surface area (Å²) in [5.74, 6) is 0. The highest BCUT2D eigenvalue weighted by molar-refractivity contribution is 9.10. The van der Waals surface area contributed by atoms with E-state index in [2.05, 4.69) is 42.0 Å². The number of aromatic amines is 1. The van der Waals surface area contributed by atoms with E-state index in [0.29, 0.717) is 5.11 Å². The fraction of sp³-hybridized carbons (Fsp3) is 0.444. The number of hydrogen-bond donors (Lipinski definition) is 3. The predicted molar refractivity (Wildman–Crippen MR) is 72.5 cm³/mol. The molecule has 0 aromatic carbocycles. The molecule has 0 atom stereocenters. The van der Waals surface area contributed by atoms with Gasteiger partial charge in [-0.2, -0.15) is 10.2 Å². The maximum Gasteiger partial charge on any atom is 0.187 e. The first kappa shape index (κ1) is 13.1. The molecule has 0 saturated heterocycles. The van der Waals surface area contributed by atoms with Crippen LogP contribution in [0.5, 0.6) is 0 Å². The summed E-state index contributed by atoms with van der Waals surface area (Å²) in [6.45, 7) is 6.07. The molecule has 0 fully saturated rings. The van der Waals surface area contributed by atoms with E-state index in [4.69, 9.17) is 12.2 Å². The van der Waals surface area contributed by atoms with Crippen molar-refractivity contribution < 1.29 is 0 Å². The Kier molecular flexibility index (Phi) is 4.43. The molecule has 0 spiro atoms. The maximum absolute atomic E-state index is 5.06. The molecule has 88 valence electrons. The van der Waals surface area contributed by atoms with Gasteiger partial charge in [-0.15, -0.1) is 0 Å². The number of halogens is 1. The number of aromatic nitrogens is 2. The Balaban J connectivity index is 2.44. The Hall–Kier alpha value is -0.950. The molecule has 0 aliphatic heterocycles. The van der Waals surface area contributed by atoms with E-state index in [1.807, 2.05) is 20.8 Å². The lowest BCUT2D eigenvalue weighted by Gasteiger charge is -2.21. The number of hydrogen-bond acceptors (Lipinski definition) is 3. The largest absolute Gasteiger partial charge is 0.357 e. The second kappa shape index (κ2) is 5.40. The molecular weight excluding hydrogens is 290 g/mol. The second-order valence-electron chi connectivity index (χ2n) is 4.21. The van der Waals surface area contributed by atoms with Crippen molar-refractivity contribution >= 4 is 39.5 Å². The van der Waals surface area contributed by atoms with Gasteiger partial charge in [0.25, 0.3) is 0 Å². The van der Waals surface area contributed by atoms with Gasteiger partial charge in [0.15, 0.2) is 5.11 Å². The monoisotopic (exact) mass is 303 g/mol. The van der Waals surface area contributed by atoms with Crippen molar-refractivity contribution in [2.75, 3.05) is 0 Å². The Morgan fingerprint density at radius 2 is 2.31 bits per heavy atom. The Bertz CT molecular complexity index is 393. The predicted octanol–water partition coefficient (Wildman–Crippen LogP) is 1.77. The van der Waals surface area contributed by atoms with Crippen LogP contribution in [-0.4, -0.2) is 27.1 Å². The third kappa shape index (κ3) is 4.71. The van der Waals surface area contributed by atoms with Gasteiger partial charge in [-0.05, 0) is 48.9 Å².